The molecule has 3 rings (SSSR count). The Bertz CT molecular complexity index is 532. The summed E-state index contributed by atoms with van der Waals surface area (Å²) in [5.74, 6) is 0.0632. The maximum absolute atomic E-state index is 12.1. The molecular weight excluding hydrogens is 318 g/mol. The van der Waals surface area contributed by atoms with Crippen LogP contribution in [0.3, 0.4) is 0 Å². The second-order valence-corrected chi connectivity index (χ2v) is 7.06. The van der Waals surface area contributed by atoms with Crippen LogP contribution in [0.1, 0.15) is 39.0 Å². The Labute approximate surface area is 149 Å². The highest BCUT2D eigenvalue weighted by Crippen LogP contribution is 2.36. The minimum atomic E-state index is -0.157. The van der Waals surface area contributed by atoms with Gasteiger partial charge in [0.1, 0.15) is 0 Å². The Balaban J connectivity index is 1.36. The first-order chi connectivity index (χ1) is 12.2. The van der Waals surface area contributed by atoms with Gasteiger partial charge in [-0.2, -0.15) is 0 Å². The van der Waals surface area contributed by atoms with Crippen molar-refractivity contribution in [2.45, 2.75) is 57.2 Å². The zero-order chi connectivity index (χ0) is 17.6. The van der Waals surface area contributed by atoms with Gasteiger partial charge < -0.3 is 20.3 Å². The van der Waals surface area contributed by atoms with Crippen LogP contribution in [0.15, 0.2) is 24.3 Å². The minimum absolute atomic E-state index is 0.0336. The van der Waals surface area contributed by atoms with Gasteiger partial charge in [0.05, 0.1) is 12.5 Å². The maximum atomic E-state index is 12.1. The van der Waals surface area contributed by atoms with Crippen LogP contribution in [0, 0.1) is 5.92 Å². The number of hydrogen-bond donors (Lipinski definition) is 2. The monoisotopic (exact) mass is 347 g/mol. The summed E-state index contributed by atoms with van der Waals surface area (Å²) in [6.45, 7) is 3.69. The second kappa shape index (κ2) is 8.52. The number of amides is 2. The van der Waals surface area contributed by atoms with Crippen LogP contribution in [-0.2, 0) is 9.53 Å². The SMILES string of the molecule is CCOC(=O)N1C2CCC1CC(NCCNC(=O)C1C=CC=CC1)C2. The number of ether oxygens (including phenoxy) is 1. The molecule has 6 nitrogen and oxygen atoms in total. The number of piperidine rings is 1. The van der Waals surface area contributed by atoms with Crippen molar-refractivity contribution in [3.05, 3.63) is 24.3 Å². The quantitative estimate of drug-likeness (QED) is 0.721. The number of nitrogens with zero attached hydrogens (tertiary/aromatic N) is 1. The molecule has 6 heteroatoms. The van der Waals surface area contributed by atoms with Crippen LogP contribution in [0.5, 0.6) is 0 Å². The smallest absolute Gasteiger partial charge is 0.410 e. The topological polar surface area (TPSA) is 70.7 Å². The van der Waals surface area contributed by atoms with Gasteiger partial charge in [0.15, 0.2) is 0 Å². The molecule has 138 valence electrons. The van der Waals surface area contributed by atoms with E-state index in [4.69, 9.17) is 4.74 Å². The third-order valence-corrected chi connectivity index (χ3v) is 5.39. The average Bonchev–Trinajstić information content (AvgIpc) is 2.90. The summed E-state index contributed by atoms with van der Waals surface area (Å²) in [7, 11) is 0. The number of rotatable bonds is 6. The van der Waals surface area contributed by atoms with Crippen LogP contribution < -0.4 is 10.6 Å². The summed E-state index contributed by atoms with van der Waals surface area (Å²) in [5, 5.41) is 6.55. The van der Waals surface area contributed by atoms with Gasteiger partial charge in [-0.3, -0.25) is 4.79 Å². The van der Waals surface area contributed by atoms with Gasteiger partial charge in [0.25, 0.3) is 0 Å². The summed E-state index contributed by atoms with van der Waals surface area (Å²) >= 11 is 0. The molecular formula is C19H29N3O3. The van der Waals surface area contributed by atoms with Gasteiger partial charge in [-0.25, -0.2) is 4.79 Å². The van der Waals surface area contributed by atoms with Gasteiger partial charge in [-0.05, 0) is 39.0 Å². The lowest BCUT2D eigenvalue weighted by Crippen LogP contribution is -2.52. The number of carbonyl (C=O) groups is 2. The van der Waals surface area contributed by atoms with Gasteiger partial charge in [-0.1, -0.05) is 24.3 Å². The zero-order valence-electron chi connectivity index (χ0n) is 14.9. The largest absolute Gasteiger partial charge is 0.450 e. The predicted molar refractivity (Wildman–Crippen MR) is 96.1 cm³/mol. The molecule has 0 aromatic carbocycles. The number of nitrogens with one attached hydrogen (secondary N) is 2. The molecule has 1 aliphatic carbocycles. The van der Waals surface area contributed by atoms with Crippen molar-refractivity contribution in [1.82, 2.24) is 15.5 Å². The third-order valence-electron chi connectivity index (χ3n) is 5.39. The summed E-state index contributed by atoms with van der Waals surface area (Å²) in [5.41, 5.74) is 0. The summed E-state index contributed by atoms with van der Waals surface area (Å²) in [6, 6.07) is 1.01. The molecule has 0 saturated carbocycles. The summed E-state index contributed by atoms with van der Waals surface area (Å²) < 4.78 is 5.19. The highest BCUT2D eigenvalue weighted by Gasteiger charge is 2.43. The van der Waals surface area contributed by atoms with E-state index in [1.165, 1.54) is 0 Å². The third kappa shape index (κ3) is 4.42. The molecule has 2 fully saturated rings. The van der Waals surface area contributed by atoms with E-state index in [1.807, 2.05) is 36.1 Å². The average molecular weight is 347 g/mol. The van der Waals surface area contributed by atoms with Gasteiger partial charge >= 0.3 is 6.09 Å². The lowest BCUT2D eigenvalue weighted by Gasteiger charge is -2.38. The lowest BCUT2D eigenvalue weighted by atomic mass is 9.98. The Morgan fingerprint density at radius 2 is 1.92 bits per heavy atom. The number of hydrogen-bond acceptors (Lipinski definition) is 4. The summed E-state index contributed by atoms with van der Waals surface area (Å²) in [6.07, 6.45) is 12.6. The zero-order valence-corrected chi connectivity index (χ0v) is 14.9. The highest BCUT2D eigenvalue weighted by atomic mass is 16.6. The molecule has 0 aromatic rings. The van der Waals surface area contributed by atoms with Crippen LogP contribution in [0.2, 0.25) is 0 Å². The molecule has 2 aliphatic heterocycles. The highest BCUT2D eigenvalue weighted by molar-refractivity contribution is 5.80. The van der Waals surface area contributed by atoms with E-state index < -0.39 is 0 Å². The Kier molecular flexibility index (Phi) is 6.13. The fraction of sp³-hybridized carbons (Fsp3) is 0.684. The van der Waals surface area contributed by atoms with Crippen molar-refractivity contribution in [2.75, 3.05) is 19.7 Å². The molecule has 2 bridgehead atoms. The predicted octanol–water partition coefficient (Wildman–Crippen LogP) is 1.98. The van der Waals surface area contributed by atoms with Gasteiger partial charge in [0, 0.05) is 31.2 Å². The van der Waals surface area contributed by atoms with Crippen LogP contribution in [-0.4, -0.2) is 54.7 Å². The maximum Gasteiger partial charge on any atom is 0.410 e. The number of fused-ring (bicyclic) bond motifs is 2. The van der Waals surface area contributed by atoms with Gasteiger partial charge in [-0.15, -0.1) is 0 Å². The lowest BCUT2D eigenvalue weighted by molar-refractivity contribution is -0.123. The van der Waals surface area contributed by atoms with Crippen molar-refractivity contribution >= 4 is 12.0 Å². The first kappa shape index (κ1) is 18.0. The van der Waals surface area contributed by atoms with Crippen molar-refractivity contribution in [3.8, 4) is 0 Å². The standard InChI is InChI=1S/C19H29N3O3/c1-2-25-19(24)22-16-8-9-17(22)13-15(12-16)20-10-11-21-18(23)14-6-4-3-5-7-14/h3-6,14-17,20H,2,7-13H2,1H3,(H,21,23). The molecule has 3 aliphatic rings. The molecule has 3 atom stereocenters. The molecule has 2 amide bonds. The van der Waals surface area contributed by atoms with E-state index in [2.05, 4.69) is 10.6 Å². The van der Waals surface area contributed by atoms with E-state index in [1.54, 1.807) is 0 Å². The minimum Gasteiger partial charge on any atom is -0.450 e. The van der Waals surface area contributed by atoms with Crippen LogP contribution in [0.25, 0.3) is 0 Å². The Morgan fingerprint density at radius 3 is 2.56 bits per heavy atom. The van der Waals surface area contributed by atoms with E-state index in [0.717, 1.165) is 38.6 Å². The Morgan fingerprint density at radius 1 is 1.16 bits per heavy atom. The first-order valence-corrected chi connectivity index (χ1v) is 9.48. The first-order valence-electron chi connectivity index (χ1n) is 9.48. The molecule has 25 heavy (non-hydrogen) atoms. The van der Waals surface area contributed by atoms with Crippen molar-refractivity contribution in [1.29, 1.82) is 0 Å². The van der Waals surface area contributed by atoms with E-state index in [-0.39, 0.29) is 17.9 Å². The Hall–Kier alpha value is -1.82. The number of allylic oxidation sites excluding steroid dienone is 3. The molecule has 2 N–H and O–H groups in total. The molecule has 3 unspecified atom stereocenters. The normalized spacial score (nSPS) is 30.4. The number of carbonyl (C=O) groups excluding carboxylic acids is 2. The van der Waals surface area contributed by atoms with E-state index in [9.17, 15) is 9.59 Å². The molecule has 0 spiro atoms. The van der Waals surface area contributed by atoms with E-state index in [0.29, 0.717) is 31.3 Å². The fourth-order valence-electron chi connectivity index (χ4n) is 4.21. The van der Waals surface area contributed by atoms with Crippen molar-refractivity contribution in [2.24, 2.45) is 5.92 Å². The van der Waals surface area contributed by atoms with Crippen molar-refractivity contribution in [3.63, 3.8) is 0 Å². The fourth-order valence-corrected chi connectivity index (χ4v) is 4.21. The summed E-state index contributed by atoms with van der Waals surface area (Å²) in [4.78, 5) is 26.1. The molecule has 0 aromatic heterocycles. The van der Waals surface area contributed by atoms with Crippen LogP contribution in [0.4, 0.5) is 4.79 Å². The van der Waals surface area contributed by atoms with Crippen LogP contribution >= 0.6 is 0 Å². The van der Waals surface area contributed by atoms with Gasteiger partial charge in [0.2, 0.25) is 5.91 Å². The second-order valence-electron chi connectivity index (χ2n) is 7.06. The molecule has 2 saturated heterocycles. The molecule has 0 radical (unpaired) electrons. The van der Waals surface area contributed by atoms with E-state index >= 15 is 0 Å². The van der Waals surface area contributed by atoms with Crippen molar-refractivity contribution < 1.29 is 14.3 Å². The molecule has 2 heterocycles.